The standard InChI is InChI=1S/C12H15ClN2O4/c1-7-2-3-8(13)10(4-7)19-6-11(17)15-5-9(16)12(14)18/h2-4,9,16H,5-6H2,1H3,(H2,14,18)(H,15,17). The van der Waals surface area contributed by atoms with Crippen molar-refractivity contribution in [2.75, 3.05) is 13.2 Å². The van der Waals surface area contributed by atoms with Crippen LogP contribution in [0, 0.1) is 6.92 Å². The van der Waals surface area contributed by atoms with E-state index in [4.69, 9.17) is 27.2 Å². The van der Waals surface area contributed by atoms with E-state index < -0.39 is 17.9 Å². The molecule has 19 heavy (non-hydrogen) atoms. The van der Waals surface area contributed by atoms with E-state index >= 15 is 0 Å². The van der Waals surface area contributed by atoms with Crippen LogP contribution in [0.3, 0.4) is 0 Å². The third-order valence-electron chi connectivity index (χ3n) is 2.27. The fourth-order valence-electron chi connectivity index (χ4n) is 1.23. The van der Waals surface area contributed by atoms with Crippen LogP contribution < -0.4 is 15.8 Å². The van der Waals surface area contributed by atoms with E-state index in [1.165, 1.54) is 0 Å². The van der Waals surface area contributed by atoms with Crippen LogP contribution in [0.1, 0.15) is 5.56 Å². The molecule has 0 saturated carbocycles. The molecular weight excluding hydrogens is 272 g/mol. The lowest BCUT2D eigenvalue weighted by atomic mass is 10.2. The topological polar surface area (TPSA) is 102 Å². The van der Waals surface area contributed by atoms with Gasteiger partial charge in [-0.1, -0.05) is 17.7 Å². The predicted octanol–water partition coefficient (Wildman–Crippen LogP) is -0.0104. The van der Waals surface area contributed by atoms with Crippen LogP contribution >= 0.6 is 11.6 Å². The Balaban J connectivity index is 2.42. The number of aliphatic hydroxyl groups is 1. The zero-order chi connectivity index (χ0) is 14.4. The highest BCUT2D eigenvalue weighted by Crippen LogP contribution is 2.24. The average molecular weight is 287 g/mol. The van der Waals surface area contributed by atoms with Crippen molar-refractivity contribution in [3.63, 3.8) is 0 Å². The largest absolute Gasteiger partial charge is 0.482 e. The maximum atomic E-state index is 11.4. The van der Waals surface area contributed by atoms with Crippen molar-refractivity contribution in [2.24, 2.45) is 5.73 Å². The number of amides is 2. The number of hydrogen-bond acceptors (Lipinski definition) is 4. The molecule has 1 aromatic carbocycles. The Morgan fingerprint density at radius 2 is 2.21 bits per heavy atom. The highest BCUT2D eigenvalue weighted by atomic mass is 35.5. The third-order valence-corrected chi connectivity index (χ3v) is 2.58. The number of benzene rings is 1. The van der Waals surface area contributed by atoms with Crippen LogP contribution in [-0.4, -0.2) is 36.2 Å². The number of primary amides is 1. The number of nitrogens with two attached hydrogens (primary N) is 1. The number of halogens is 1. The summed E-state index contributed by atoms with van der Waals surface area (Å²) >= 11 is 5.89. The van der Waals surface area contributed by atoms with Crippen LogP contribution in [0.25, 0.3) is 0 Å². The molecule has 0 aliphatic heterocycles. The molecule has 0 radical (unpaired) electrons. The van der Waals surface area contributed by atoms with Gasteiger partial charge in [0.05, 0.1) is 11.6 Å². The van der Waals surface area contributed by atoms with Crippen LogP contribution in [0.5, 0.6) is 5.75 Å². The molecule has 0 fully saturated rings. The van der Waals surface area contributed by atoms with E-state index in [0.29, 0.717) is 10.8 Å². The van der Waals surface area contributed by atoms with Crippen LogP contribution in [0.2, 0.25) is 5.02 Å². The zero-order valence-corrected chi connectivity index (χ0v) is 11.1. The number of aliphatic hydroxyl groups excluding tert-OH is 1. The summed E-state index contributed by atoms with van der Waals surface area (Å²) in [5.74, 6) is -0.993. The summed E-state index contributed by atoms with van der Waals surface area (Å²) in [4.78, 5) is 21.9. The summed E-state index contributed by atoms with van der Waals surface area (Å²) in [5, 5.41) is 11.8. The van der Waals surface area contributed by atoms with E-state index in [9.17, 15) is 9.59 Å². The monoisotopic (exact) mass is 286 g/mol. The maximum Gasteiger partial charge on any atom is 0.258 e. The minimum Gasteiger partial charge on any atom is -0.482 e. The Labute approximate surface area is 115 Å². The molecule has 6 nitrogen and oxygen atoms in total. The van der Waals surface area contributed by atoms with Crippen LogP contribution in [0.4, 0.5) is 0 Å². The molecule has 2 amide bonds. The van der Waals surface area contributed by atoms with Crippen molar-refractivity contribution < 1.29 is 19.4 Å². The molecule has 0 aliphatic carbocycles. The number of ether oxygens (including phenoxy) is 1. The van der Waals surface area contributed by atoms with Gasteiger partial charge in [0.2, 0.25) is 5.91 Å². The Morgan fingerprint density at radius 1 is 1.53 bits per heavy atom. The van der Waals surface area contributed by atoms with Crippen molar-refractivity contribution in [3.05, 3.63) is 28.8 Å². The molecule has 0 saturated heterocycles. The van der Waals surface area contributed by atoms with Gasteiger partial charge in [-0.05, 0) is 24.6 Å². The first-order valence-electron chi connectivity index (χ1n) is 5.53. The molecule has 0 aromatic heterocycles. The molecule has 0 heterocycles. The first-order chi connectivity index (χ1) is 8.90. The fourth-order valence-corrected chi connectivity index (χ4v) is 1.40. The van der Waals surface area contributed by atoms with E-state index in [-0.39, 0.29) is 13.2 Å². The molecule has 0 bridgehead atoms. The minimum absolute atomic E-state index is 0.251. The highest BCUT2D eigenvalue weighted by Gasteiger charge is 2.12. The Hall–Kier alpha value is -1.79. The first kappa shape index (κ1) is 15.3. The number of carbonyl (C=O) groups excluding carboxylic acids is 2. The summed E-state index contributed by atoms with van der Waals surface area (Å²) in [7, 11) is 0. The molecular formula is C12H15ClN2O4. The second kappa shape index (κ2) is 6.96. The van der Waals surface area contributed by atoms with Gasteiger partial charge < -0.3 is 20.9 Å². The smallest absolute Gasteiger partial charge is 0.258 e. The van der Waals surface area contributed by atoms with E-state index in [0.717, 1.165) is 5.56 Å². The third kappa shape index (κ3) is 5.15. The quantitative estimate of drug-likeness (QED) is 0.684. The number of nitrogens with one attached hydrogen (secondary N) is 1. The zero-order valence-electron chi connectivity index (χ0n) is 10.4. The summed E-state index contributed by atoms with van der Waals surface area (Å²) in [6.07, 6.45) is -1.41. The Morgan fingerprint density at radius 3 is 2.84 bits per heavy atom. The van der Waals surface area contributed by atoms with Gasteiger partial charge in [0.1, 0.15) is 11.9 Å². The molecule has 104 valence electrons. The summed E-state index contributed by atoms with van der Waals surface area (Å²) in [5.41, 5.74) is 5.78. The van der Waals surface area contributed by atoms with E-state index in [1.54, 1.807) is 12.1 Å². The van der Waals surface area contributed by atoms with Gasteiger partial charge in [-0.15, -0.1) is 0 Å². The van der Waals surface area contributed by atoms with E-state index in [2.05, 4.69) is 5.32 Å². The molecule has 1 rings (SSSR count). The number of hydrogen-bond donors (Lipinski definition) is 3. The van der Waals surface area contributed by atoms with Crippen molar-refractivity contribution in [1.29, 1.82) is 0 Å². The molecule has 1 aromatic rings. The average Bonchev–Trinajstić information content (AvgIpc) is 2.36. The summed E-state index contributed by atoms with van der Waals surface area (Å²) in [6.45, 7) is 1.35. The Bertz CT molecular complexity index is 479. The fraction of sp³-hybridized carbons (Fsp3) is 0.333. The molecule has 1 unspecified atom stereocenters. The second-order valence-corrected chi connectivity index (χ2v) is 4.35. The maximum absolute atomic E-state index is 11.4. The van der Waals surface area contributed by atoms with Gasteiger partial charge >= 0.3 is 0 Å². The molecule has 7 heteroatoms. The number of rotatable bonds is 6. The van der Waals surface area contributed by atoms with Crippen LogP contribution in [0.15, 0.2) is 18.2 Å². The van der Waals surface area contributed by atoms with Gasteiger partial charge in [-0.25, -0.2) is 0 Å². The van der Waals surface area contributed by atoms with Crippen molar-refractivity contribution >= 4 is 23.4 Å². The molecule has 1 atom stereocenters. The highest BCUT2D eigenvalue weighted by molar-refractivity contribution is 6.32. The van der Waals surface area contributed by atoms with E-state index in [1.807, 2.05) is 13.0 Å². The molecule has 0 spiro atoms. The van der Waals surface area contributed by atoms with Crippen molar-refractivity contribution in [1.82, 2.24) is 5.32 Å². The summed E-state index contributed by atoms with van der Waals surface area (Å²) < 4.78 is 5.23. The number of aryl methyl sites for hydroxylation is 1. The van der Waals surface area contributed by atoms with Crippen molar-refractivity contribution in [3.8, 4) is 5.75 Å². The molecule has 4 N–H and O–H groups in total. The number of carbonyl (C=O) groups is 2. The predicted molar refractivity (Wildman–Crippen MR) is 69.9 cm³/mol. The minimum atomic E-state index is -1.41. The second-order valence-electron chi connectivity index (χ2n) is 3.94. The van der Waals surface area contributed by atoms with Gasteiger partial charge in [0.25, 0.3) is 5.91 Å². The first-order valence-corrected chi connectivity index (χ1v) is 5.91. The lowest BCUT2D eigenvalue weighted by molar-refractivity contribution is -0.127. The Kier molecular flexibility index (Phi) is 5.59. The van der Waals surface area contributed by atoms with Gasteiger partial charge in [0, 0.05) is 0 Å². The van der Waals surface area contributed by atoms with Gasteiger partial charge in [-0.2, -0.15) is 0 Å². The van der Waals surface area contributed by atoms with Gasteiger partial charge in [0.15, 0.2) is 6.61 Å². The normalized spacial score (nSPS) is 11.7. The summed E-state index contributed by atoms with van der Waals surface area (Å²) in [6, 6.07) is 5.19. The van der Waals surface area contributed by atoms with Crippen molar-refractivity contribution in [2.45, 2.75) is 13.0 Å². The lowest BCUT2D eigenvalue weighted by Crippen LogP contribution is -2.41. The van der Waals surface area contributed by atoms with Gasteiger partial charge in [-0.3, -0.25) is 9.59 Å². The van der Waals surface area contributed by atoms with Crippen LogP contribution in [-0.2, 0) is 9.59 Å². The SMILES string of the molecule is Cc1ccc(Cl)c(OCC(=O)NCC(O)C(N)=O)c1. The lowest BCUT2D eigenvalue weighted by Gasteiger charge is -2.10. The molecule has 0 aliphatic rings.